The van der Waals surface area contributed by atoms with Crippen molar-refractivity contribution in [1.29, 1.82) is 0 Å². The number of carbonyl (C=O) groups is 1. The number of nitrogens with one attached hydrogen (secondary N) is 1. The first-order chi connectivity index (χ1) is 20.0. The van der Waals surface area contributed by atoms with Crippen LogP contribution in [0.1, 0.15) is 76.0 Å². The summed E-state index contributed by atoms with van der Waals surface area (Å²) in [6, 6.07) is 13.0. The van der Waals surface area contributed by atoms with Crippen molar-refractivity contribution in [2.45, 2.75) is 81.8 Å². The second-order valence-electron chi connectivity index (χ2n) is 10.4. The van der Waals surface area contributed by atoms with Crippen molar-refractivity contribution in [2.24, 2.45) is 0 Å². The van der Waals surface area contributed by atoms with Gasteiger partial charge in [-0.15, -0.1) is 5.10 Å². The lowest BCUT2D eigenvalue weighted by Crippen LogP contribution is -2.32. The van der Waals surface area contributed by atoms with Crippen LogP contribution in [0.3, 0.4) is 0 Å². The topological polar surface area (TPSA) is 87.5 Å². The first-order valence-corrected chi connectivity index (χ1v) is 15.7. The highest BCUT2D eigenvalue weighted by molar-refractivity contribution is 7.98. The number of anilines is 1. The third-order valence-corrected chi connectivity index (χ3v) is 8.71. The van der Waals surface area contributed by atoms with Gasteiger partial charge in [-0.05, 0) is 68.4 Å². The van der Waals surface area contributed by atoms with Crippen LogP contribution < -0.4 is 14.8 Å². The van der Waals surface area contributed by atoms with Crippen molar-refractivity contribution in [1.82, 2.24) is 14.8 Å². The number of fused-ring (bicyclic) bond motifs is 1. The summed E-state index contributed by atoms with van der Waals surface area (Å²) in [6.07, 6.45) is 7.05. The Morgan fingerprint density at radius 3 is 2.71 bits per heavy atom. The van der Waals surface area contributed by atoms with E-state index in [-0.39, 0.29) is 12.1 Å². The fourth-order valence-corrected chi connectivity index (χ4v) is 6.34. The number of benzene rings is 2. The van der Waals surface area contributed by atoms with Crippen LogP contribution in [0.5, 0.6) is 11.5 Å². The van der Waals surface area contributed by atoms with Crippen molar-refractivity contribution in [3.63, 3.8) is 0 Å². The highest BCUT2D eigenvalue weighted by Crippen LogP contribution is 2.40. The average molecular weight is 597 g/mol. The summed E-state index contributed by atoms with van der Waals surface area (Å²) in [6.45, 7) is 4.62. The number of rotatable bonds is 11. The molecule has 1 aromatic heterocycles. The number of methoxy groups -OCH3 is 1. The Morgan fingerprint density at radius 2 is 1.95 bits per heavy atom. The summed E-state index contributed by atoms with van der Waals surface area (Å²) in [7, 11) is 1.62. The van der Waals surface area contributed by atoms with Crippen LogP contribution in [0.25, 0.3) is 0 Å². The minimum Gasteiger partial charge on any atom is -0.493 e. The van der Waals surface area contributed by atoms with E-state index in [0.29, 0.717) is 51.3 Å². The zero-order valence-corrected chi connectivity index (χ0v) is 25.4. The van der Waals surface area contributed by atoms with Gasteiger partial charge in [0.1, 0.15) is 12.1 Å². The molecule has 1 saturated carbocycles. The molecule has 1 fully saturated rings. The summed E-state index contributed by atoms with van der Waals surface area (Å²) >= 11 is 7.87. The third-order valence-electron chi connectivity index (χ3n) is 7.45. The summed E-state index contributed by atoms with van der Waals surface area (Å²) in [5.41, 5.74) is 3.04. The summed E-state index contributed by atoms with van der Waals surface area (Å²) in [4.78, 5) is 18.5. The third kappa shape index (κ3) is 6.84. The van der Waals surface area contributed by atoms with E-state index in [0.717, 1.165) is 49.7 Å². The lowest BCUT2D eigenvalue weighted by Gasteiger charge is -2.30. The molecule has 2 aliphatic rings. The minimum absolute atomic E-state index is 0.0695. The van der Waals surface area contributed by atoms with Gasteiger partial charge in [-0.2, -0.15) is 4.98 Å². The molecule has 2 aromatic carbocycles. The van der Waals surface area contributed by atoms with Gasteiger partial charge in [-0.1, -0.05) is 67.4 Å². The van der Waals surface area contributed by atoms with E-state index >= 15 is 0 Å². The number of carbonyl (C=O) groups excluding carboxylic acids is 1. The smallest absolute Gasteiger partial charge is 0.338 e. The number of nitrogens with zero attached hydrogens (tertiary/aromatic N) is 3. The second kappa shape index (κ2) is 13.7. The zero-order chi connectivity index (χ0) is 28.8. The number of hydrogen-bond acceptors (Lipinski definition) is 8. The molecule has 1 aliphatic heterocycles. The van der Waals surface area contributed by atoms with Gasteiger partial charge in [-0.3, -0.25) is 0 Å². The Hall–Kier alpha value is -3.17. The molecule has 218 valence electrons. The molecule has 10 heteroatoms. The minimum atomic E-state index is -0.553. The van der Waals surface area contributed by atoms with E-state index in [4.69, 9.17) is 35.9 Å². The molecular formula is C31H37ClN4O4S. The van der Waals surface area contributed by atoms with Crippen LogP contribution in [-0.2, 0) is 15.3 Å². The molecule has 0 amide bonds. The highest BCUT2D eigenvalue weighted by Gasteiger charge is 2.37. The van der Waals surface area contributed by atoms with Gasteiger partial charge in [-0.25, -0.2) is 9.48 Å². The quantitative estimate of drug-likeness (QED) is 0.138. The molecule has 3 aromatic rings. The monoisotopic (exact) mass is 596 g/mol. The predicted molar refractivity (Wildman–Crippen MR) is 162 cm³/mol. The van der Waals surface area contributed by atoms with Gasteiger partial charge in [0.25, 0.3) is 0 Å². The Bertz CT molecular complexity index is 1400. The zero-order valence-electron chi connectivity index (χ0n) is 23.8. The molecule has 0 spiro atoms. The van der Waals surface area contributed by atoms with E-state index in [1.165, 1.54) is 18.2 Å². The van der Waals surface area contributed by atoms with Gasteiger partial charge < -0.3 is 19.5 Å². The van der Waals surface area contributed by atoms with E-state index in [2.05, 4.69) is 12.2 Å². The van der Waals surface area contributed by atoms with Crippen LogP contribution in [0.4, 0.5) is 5.95 Å². The summed E-state index contributed by atoms with van der Waals surface area (Å²) in [5, 5.41) is 9.45. The first kappa shape index (κ1) is 29.3. The summed E-state index contributed by atoms with van der Waals surface area (Å²) < 4.78 is 19.5. The Morgan fingerprint density at radius 1 is 1.15 bits per heavy atom. The largest absolute Gasteiger partial charge is 0.493 e. The molecule has 2 heterocycles. The number of allylic oxidation sites excluding steroid dienone is 1. The SMILES string of the molecule is CCCCOc1ccc(C2C(C(=O)OC3CCCCC3)=C(C)Nc3nc(SCc4ccccc4Cl)nn32)cc1OC. The Labute approximate surface area is 250 Å². The second-order valence-corrected chi connectivity index (χ2v) is 11.7. The Kier molecular flexibility index (Phi) is 9.77. The van der Waals surface area contributed by atoms with Gasteiger partial charge >= 0.3 is 5.97 Å². The molecular weight excluding hydrogens is 560 g/mol. The van der Waals surface area contributed by atoms with Crippen molar-refractivity contribution >= 4 is 35.3 Å². The Balaban J connectivity index is 1.48. The van der Waals surface area contributed by atoms with Crippen LogP contribution in [0, 0.1) is 0 Å². The number of esters is 1. The standard InChI is InChI=1S/C31H37ClN4O4S/c1-4-5-17-39-25-16-15-21(18-26(25)38-3)28-27(29(37)40-23-12-7-6-8-13-23)20(2)33-30-34-31(35-36(28)30)41-19-22-11-9-10-14-24(22)32/h9-11,14-16,18,23,28H,4-8,12-13,17,19H2,1-3H3,(H,33,34,35). The highest BCUT2D eigenvalue weighted by atomic mass is 35.5. The maximum absolute atomic E-state index is 13.8. The normalized spacial score (nSPS) is 17.1. The maximum Gasteiger partial charge on any atom is 0.338 e. The molecule has 5 rings (SSSR count). The number of thioether (sulfide) groups is 1. The molecule has 0 bridgehead atoms. The van der Waals surface area contributed by atoms with Crippen LogP contribution >= 0.6 is 23.4 Å². The molecule has 1 aliphatic carbocycles. The van der Waals surface area contributed by atoms with Crippen LogP contribution in [0.15, 0.2) is 58.9 Å². The molecule has 8 nitrogen and oxygen atoms in total. The van der Waals surface area contributed by atoms with E-state index in [1.807, 2.05) is 49.4 Å². The number of hydrogen-bond donors (Lipinski definition) is 1. The average Bonchev–Trinajstić information content (AvgIpc) is 3.39. The predicted octanol–water partition coefficient (Wildman–Crippen LogP) is 7.58. The van der Waals surface area contributed by atoms with Gasteiger partial charge in [0.2, 0.25) is 11.1 Å². The fourth-order valence-electron chi connectivity index (χ4n) is 5.22. The molecule has 1 N–H and O–H groups in total. The maximum atomic E-state index is 13.8. The van der Waals surface area contributed by atoms with Crippen molar-refractivity contribution in [3.8, 4) is 11.5 Å². The van der Waals surface area contributed by atoms with E-state index in [1.54, 1.807) is 11.8 Å². The summed E-state index contributed by atoms with van der Waals surface area (Å²) in [5.74, 6) is 2.12. The van der Waals surface area contributed by atoms with Gasteiger partial charge in [0.05, 0.1) is 19.3 Å². The van der Waals surface area contributed by atoms with Crippen molar-refractivity contribution in [3.05, 3.63) is 69.9 Å². The fraction of sp³-hybridized carbons (Fsp3) is 0.452. The van der Waals surface area contributed by atoms with Crippen LogP contribution in [0.2, 0.25) is 5.02 Å². The van der Waals surface area contributed by atoms with Crippen LogP contribution in [-0.4, -0.2) is 40.6 Å². The molecule has 41 heavy (non-hydrogen) atoms. The number of aromatic nitrogens is 3. The van der Waals surface area contributed by atoms with Crippen molar-refractivity contribution in [2.75, 3.05) is 19.0 Å². The van der Waals surface area contributed by atoms with Gasteiger partial charge in [0.15, 0.2) is 11.5 Å². The molecule has 1 atom stereocenters. The van der Waals surface area contributed by atoms with Crippen molar-refractivity contribution < 1.29 is 19.0 Å². The first-order valence-electron chi connectivity index (χ1n) is 14.3. The van der Waals surface area contributed by atoms with Gasteiger partial charge in [0, 0.05) is 16.5 Å². The molecule has 0 saturated heterocycles. The number of halogens is 1. The van der Waals surface area contributed by atoms with E-state index in [9.17, 15) is 4.79 Å². The molecule has 0 radical (unpaired) electrons. The lowest BCUT2D eigenvalue weighted by molar-refractivity contribution is -0.146. The lowest BCUT2D eigenvalue weighted by atomic mass is 9.94. The number of unbranched alkanes of at least 4 members (excludes halogenated alkanes) is 1. The number of ether oxygens (including phenoxy) is 3. The van der Waals surface area contributed by atoms with E-state index < -0.39 is 6.04 Å². The molecule has 1 unspecified atom stereocenters.